The van der Waals surface area contributed by atoms with Crippen LogP contribution in [0, 0.1) is 0 Å². The summed E-state index contributed by atoms with van der Waals surface area (Å²) in [6.07, 6.45) is 6.27. The van der Waals surface area contributed by atoms with E-state index in [-0.39, 0.29) is 18.6 Å². The molecule has 0 bridgehead atoms. The zero-order valence-corrected chi connectivity index (χ0v) is 16.3. The summed E-state index contributed by atoms with van der Waals surface area (Å²) >= 11 is 0. The third-order valence-corrected chi connectivity index (χ3v) is 4.84. The Balaban J connectivity index is 1.81. The van der Waals surface area contributed by atoms with Crippen LogP contribution in [-0.2, 0) is 26.1 Å². The Morgan fingerprint density at radius 1 is 1.35 bits per heavy atom. The first-order chi connectivity index (χ1) is 12.3. The first-order valence-electron chi connectivity index (χ1n) is 8.64. The van der Waals surface area contributed by atoms with E-state index in [1.807, 2.05) is 0 Å². The average molecular weight is 385 g/mol. The molecule has 0 aromatic carbocycles. The maximum absolute atomic E-state index is 11.5. The summed E-state index contributed by atoms with van der Waals surface area (Å²) in [6, 6.07) is 0.0106. The molecule has 1 aromatic rings. The number of likely N-dealkylation sites (N-methyl/N-ethyl adjacent to an activating group) is 1. The molecule has 0 spiro atoms. The first kappa shape index (κ1) is 20.5. The minimum Gasteiger partial charge on any atom is -0.465 e. The van der Waals surface area contributed by atoms with Gasteiger partial charge in [-0.15, -0.1) is 0 Å². The fourth-order valence-corrected chi connectivity index (χ4v) is 3.71. The van der Waals surface area contributed by atoms with Crippen LogP contribution in [0.15, 0.2) is 12.4 Å². The number of ether oxygens (including phenoxy) is 1. The van der Waals surface area contributed by atoms with Crippen LogP contribution in [0.5, 0.6) is 0 Å². The zero-order chi connectivity index (χ0) is 19.2. The van der Waals surface area contributed by atoms with Gasteiger partial charge in [0.2, 0.25) is 16.0 Å². The highest BCUT2D eigenvalue weighted by Crippen LogP contribution is 2.14. The van der Waals surface area contributed by atoms with Gasteiger partial charge in [-0.25, -0.2) is 23.1 Å². The number of likely N-dealkylation sites (tertiary alicyclic amines) is 1. The average Bonchev–Trinajstić information content (AvgIpc) is 2.56. The van der Waals surface area contributed by atoms with Crippen LogP contribution < -0.4 is 9.62 Å². The van der Waals surface area contributed by atoms with Gasteiger partial charge in [0, 0.05) is 50.7 Å². The van der Waals surface area contributed by atoms with Crippen LogP contribution in [0.3, 0.4) is 0 Å². The van der Waals surface area contributed by atoms with Crippen molar-refractivity contribution in [1.29, 1.82) is 0 Å². The Morgan fingerprint density at radius 3 is 2.50 bits per heavy atom. The van der Waals surface area contributed by atoms with Gasteiger partial charge in [0.1, 0.15) is 6.54 Å². The first-order valence-corrected chi connectivity index (χ1v) is 10.5. The van der Waals surface area contributed by atoms with Crippen LogP contribution in [0.1, 0.15) is 25.3 Å². The van der Waals surface area contributed by atoms with Gasteiger partial charge in [-0.3, -0.25) is 9.69 Å². The smallest absolute Gasteiger partial charge is 0.325 e. The summed E-state index contributed by atoms with van der Waals surface area (Å²) in [6.45, 7) is 4.57. The van der Waals surface area contributed by atoms with E-state index in [1.165, 1.54) is 6.26 Å². The standard InChI is InChI=1S/C16H27N5O4S/c1-4-25-15(22)12-20(2)16-17-9-13(10-18-16)11-21-7-5-14(6-8-21)19-26(3,23)24/h9-10,14,19H,4-8,11-12H2,1-3H3. The molecule has 10 heteroatoms. The largest absolute Gasteiger partial charge is 0.465 e. The number of anilines is 1. The van der Waals surface area contributed by atoms with Crippen molar-refractivity contribution in [3.05, 3.63) is 18.0 Å². The molecular formula is C16H27N5O4S. The molecule has 0 aliphatic carbocycles. The molecule has 2 heterocycles. The lowest BCUT2D eigenvalue weighted by Gasteiger charge is -2.31. The topological polar surface area (TPSA) is 105 Å². The molecule has 1 aliphatic rings. The fraction of sp³-hybridized carbons (Fsp3) is 0.688. The van der Waals surface area contributed by atoms with Gasteiger partial charge >= 0.3 is 5.97 Å². The summed E-state index contributed by atoms with van der Waals surface area (Å²) in [5.74, 6) is 0.158. The van der Waals surface area contributed by atoms with Crippen molar-refractivity contribution in [2.75, 3.05) is 44.4 Å². The summed E-state index contributed by atoms with van der Waals surface area (Å²) in [4.78, 5) is 24.0. The van der Waals surface area contributed by atoms with Gasteiger partial charge in [0.05, 0.1) is 12.9 Å². The molecule has 2 rings (SSSR count). The maximum atomic E-state index is 11.5. The normalized spacial score (nSPS) is 16.4. The van der Waals surface area contributed by atoms with Crippen molar-refractivity contribution >= 4 is 21.9 Å². The molecule has 0 unspecified atom stereocenters. The third kappa shape index (κ3) is 6.85. The van der Waals surface area contributed by atoms with Crippen molar-refractivity contribution in [2.24, 2.45) is 0 Å². The predicted octanol–water partition coefficient (Wildman–Crippen LogP) is -0.0105. The highest BCUT2D eigenvalue weighted by Gasteiger charge is 2.21. The van der Waals surface area contributed by atoms with E-state index in [0.717, 1.165) is 31.5 Å². The second kappa shape index (κ2) is 9.24. The van der Waals surface area contributed by atoms with Gasteiger partial charge in [0.15, 0.2) is 0 Å². The van der Waals surface area contributed by atoms with E-state index >= 15 is 0 Å². The van der Waals surface area contributed by atoms with Crippen molar-refractivity contribution in [1.82, 2.24) is 19.6 Å². The molecule has 1 saturated heterocycles. The Labute approximate surface area is 154 Å². The molecule has 146 valence electrons. The number of piperidine rings is 1. The number of carbonyl (C=O) groups excluding carboxylic acids is 1. The summed E-state index contributed by atoms with van der Waals surface area (Å²) < 4.78 is 30.2. The van der Waals surface area contributed by atoms with E-state index in [2.05, 4.69) is 19.6 Å². The number of nitrogens with one attached hydrogen (secondary N) is 1. The van der Waals surface area contributed by atoms with Crippen LogP contribution in [0.2, 0.25) is 0 Å². The Morgan fingerprint density at radius 2 is 1.96 bits per heavy atom. The van der Waals surface area contributed by atoms with Crippen LogP contribution >= 0.6 is 0 Å². The lowest BCUT2D eigenvalue weighted by Crippen LogP contribution is -2.43. The number of aromatic nitrogens is 2. The summed E-state index contributed by atoms with van der Waals surface area (Å²) in [5.41, 5.74) is 0.979. The minimum absolute atomic E-state index is 0.0106. The van der Waals surface area contributed by atoms with Crippen molar-refractivity contribution in [3.8, 4) is 0 Å². The minimum atomic E-state index is -3.15. The van der Waals surface area contributed by atoms with Gasteiger partial charge < -0.3 is 9.64 Å². The number of rotatable bonds is 8. The second-order valence-electron chi connectivity index (χ2n) is 6.49. The molecule has 0 radical (unpaired) electrons. The molecule has 1 aromatic heterocycles. The third-order valence-electron chi connectivity index (χ3n) is 4.08. The summed E-state index contributed by atoms with van der Waals surface area (Å²) in [5, 5.41) is 0. The Kier molecular flexibility index (Phi) is 7.30. The Hall–Kier alpha value is -1.78. The maximum Gasteiger partial charge on any atom is 0.325 e. The highest BCUT2D eigenvalue weighted by atomic mass is 32.2. The van der Waals surface area contributed by atoms with Crippen molar-refractivity contribution < 1.29 is 17.9 Å². The summed E-state index contributed by atoms with van der Waals surface area (Å²) in [7, 11) is -1.41. The Bertz CT molecular complexity index is 687. The number of hydrogen-bond acceptors (Lipinski definition) is 8. The quantitative estimate of drug-likeness (QED) is 0.623. The van der Waals surface area contributed by atoms with E-state index in [4.69, 9.17) is 4.74 Å². The molecule has 1 aliphatic heterocycles. The molecule has 26 heavy (non-hydrogen) atoms. The predicted molar refractivity (Wildman–Crippen MR) is 98.2 cm³/mol. The van der Waals surface area contributed by atoms with E-state index in [9.17, 15) is 13.2 Å². The molecule has 0 amide bonds. The fourth-order valence-electron chi connectivity index (χ4n) is 2.87. The zero-order valence-electron chi connectivity index (χ0n) is 15.5. The highest BCUT2D eigenvalue weighted by molar-refractivity contribution is 7.88. The van der Waals surface area contributed by atoms with E-state index < -0.39 is 10.0 Å². The molecule has 1 fully saturated rings. The van der Waals surface area contributed by atoms with Gasteiger partial charge in [0.25, 0.3) is 0 Å². The lowest BCUT2D eigenvalue weighted by molar-refractivity contribution is -0.141. The SMILES string of the molecule is CCOC(=O)CN(C)c1ncc(CN2CCC(NS(C)(=O)=O)CC2)cn1. The molecular weight excluding hydrogens is 358 g/mol. The van der Waals surface area contributed by atoms with Gasteiger partial charge in [-0.2, -0.15) is 0 Å². The number of sulfonamides is 1. The second-order valence-corrected chi connectivity index (χ2v) is 8.27. The molecule has 1 N–H and O–H groups in total. The number of carbonyl (C=O) groups is 1. The van der Waals surface area contributed by atoms with Crippen LogP contribution in [0.4, 0.5) is 5.95 Å². The van der Waals surface area contributed by atoms with Gasteiger partial charge in [-0.05, 0) is 19.8 Å². The van der Waals surface area contributed by atoms with Crippen LogP contribution in [0.25, 0.3) is 0 Å². The lowest BCUT2D eigenvalue weighted by atomic mass is 10.1. The molecule has 0 saturated carbocycles. The van der Waals surface area contributed by atoms with Gasteiger partial charge in [-0.1, -0.05) is 0 Å². The number of nitrogens with zero attached hydrogens (tertiary/aromatic N) is 4. The monoisotopic (exact) mass is 385 g/mol. The van der Waals surface area contributed by atoms with Crippen LogP contribution in [-0.4, -0.2) is 74.8 Å². The number of esters is 1. The van der Waals surface area contributed by atoms with Crippen molar-refractivity contribution in [3.63, 3.8) is 0 Å². The molecule has 9 nitrogen and oxygen atoms in total. The van der Waals surface area contributed by atoms with E-state index in [1.54, 1.807) is 31.3 Å². The van der Waals surface area contributed by atoms with E-state index in [0.29, 0.717) is 19.1 Å². The molecule has 0 atom stereocenters. The number of hydrogen-bond donors (Lipinski definition) is 1. The van der Waals surface area contributed by atoms with Crippen molar-refractivity contribution in [2.45, 2.75) is 32.4 Å².